The number of hydrogen-bond donors (Lipinski definition) is 3. The number of aromatic amines is 2. The molecular formula is C9H9N3O2. The number of fused-ring (bicyclic) bond motifs is 1. The molecule has 2 aromatic rings. The van der Waals surface area contributed by atoms with E-state index in [9.17, 15) is 9.59 Å². The van der Waals surface area contributed by atoms with Crippen molar-refractivity contribution < 1.29 is 4.79 Å². The van der Waals surface area contributed by atoms with Gasteiger partial charge < -0.3 is 15.7 Å². The van der Waals surface area contributed by atoms with Gasteiger partial charge in [-0.3, -0.25) is 9.59 Å². The van der Waals surface area contributed by atoms with E-state index in [1.54, 1.807) is 6.20 Å². The molecule has 1 amide bonds. The molecule has 5 heteroatoms. The van der Waals surface area contributed by atoms with Crippen LogP contribution in [0.5, 0.6) is 0 Å². The van der Waals surface area contributed by atoms with Crippen LogP contribution in [0, 0.1) is 6.92 Å². The maximum absolute atomic E-state index is 11.2. The zero-order valence-corrected chi connectivity index (χ0v) is 7.55. The number of H-pyrrole nitrogens is 2. The Kier molecular flexibility index (Phi) is 1.67. The van der Waals surface area contributed by atoms with E-state index in [1.165, 1.54) is 6.07 Å². The van der Waals surface area contributed by atoms with E-state index in [0.717, 1.165) is 10.9 Å². The Balaban J connectivity index is 2.96. The quantitative estimate of drug-likeness (QED) is 0.603. The molecule has 0 saturated heterocycles. The molecule has 0 aliphatic heterocycles. The Labute approximate surface area is 78.9 Å². The van der Waals surface area contributed by atoms with Crippen LogP contribution in [0.15, 0.2) is 17.1 Å². The van der Waals surface area contributed by atoms with Crippen LogP contribution in [0.25, 0.3) is 10.9 Å². The third-order valence-corrected chi connectivity index (χ3v) is 2.15. The fourth-order valence-electron chi connectivity index (χ4n) is 1.46. The van der Waals surface area contributed by atoms with Crippen LogP contribution < -0.4 is 11.3 Å². The molecule has 0 fully saturated rings. The molecule has 0 atom stereocenters. The summed E-state index contributed by atoms with van der Waals surface area (Å²) in [5.74, 6) is -0.644. The summed E-state index contributed by atoms with van der Waals surface area (Å²) < 4.78 is 0. The van der Waals surface area contributed by atoms with E-state index in [-0.39, 0.29) is 11.3 Å². The SMILES string of the molecule is Cc1c[nH]c2c(C(N)=O)[nH]c(=O)cc12. The molecule has 0 saturated carbocycles. The number of nitrogens with two attached hydrogens (primary N) is 1. The molecule has 0 radical (unpaired) electrons. The molecule has 4 N–H and O–H groups in total. The van der Waals surface area contributed by atoms with E-state index in [2.05, 4.69) is 9.97 Å². The van der Waals surface area contributed by atoms with E-state index in [4.69, 9.17) is 5.73 Å². The molecule has 14 heavy (non-hydrogen) atoms. The van der Waals surface area contributed by atoms with Gasteiger partial charge in [-0.15, -0.1) is 0 Å². The highest BCUT2D eigenvalue weighted by molar-refractivity contribution is 6.03. The molecule has 0 aromatic carbocycles. The Hall–Kier alpha value is -2.04. The van der Waals surface area contributed by atoms with Crippen molar-refractivity contribution in [3.8, 4) is 0 Å². The van der Waals surface area contributed by atoms with Gasteiger partial charge in [-0.1, -0.05) is 0 Å². The number of aromatic nitrogens is 2. The first-order valence-electron chi connectivity index (χ1n) is 4.10. The lowest BCUT2D eigenvalue weighted by Crippen LogP contribution is -2.18. The molecule has 2 aromatic heterocycles. The molecule has 0 bridgehead atoms. The fraction of sp³-hybridized carbons (Fsp3) is 0.111. The van der Waals surface area contributed by atoms with Crippen LogP contribution in [-0.2, 0) is 0 Å². The summed E-state index contributed by atoms with van der Waals surface area (Å²) in [6.07, 6.45) is 1.73. The van der Waals surface area contributed by atoms with Gasteiger partial charge in [0.2, 0.25) is 5.56 Å². The lowest BCUT2D eigenvalue weighted by atomic mass is 10.2. The Bertz CT molecular complexity index is 565. The summed E-state index contributed by atoms with van der Waals surface area (Å²) in [6.45, 7) is 1.85. The van der Waals surface area contributed by atoms with Crippen LogP contribution >= 0.6 is 0 Å². The number of carbonyl (C=O) groups is 1. The van der Waals surface area contributed by atoms with E-state index in [0.29, 0.717) is 5.52 Å². The van der Waals surface area contributed by atoms with E-state index >= 15 is 0 Å². The number of pyridine rings is 1. The Morgan fingerprint density at radius 3 is 2.86 bits per heavy atom. The summed E-state index contributed by atoms with van der Waals surface area (Å²) in [5.41, 5.74) is 6.42. The van der Waals surface area contributed by atoms with Crippen molar-refractivity contribution in [2.45, 2.75) is 6.92 Å². The van der Waals surface area contributed by atoms with Crippen LogP contribution in [0.2, 0.25) is 0 Å². The number of hydrogen-bond acceptors (Lipinski definition) is 2. The molecule has 2 rings (SSSR count). The minimum Gasteiger partial charge on any atom is -0.364 e. The molecule has 5 nitrogen and oxygen atoms in total. The number of carbonyl (C=O) groups excluding carboxylic acids is 1. The molecule has 0 aliphatic rings. The van der Waals surface area contributed by atoms with Gasteiger partial charge in [-0.2, -0.15) is 0 Å². The number of primary amides is 1. The van der Waals surface area contributed by atoms with Gasteiger partial charge in [0.05, 0.1) is 5.52 Å². The second-order valence-corrected chi connectivity index (χ2v) is 3.13. The lowest BCUT2D eigenvalue weighted by molar-refractivity contribution is 0.0997. The number of nitrogens with one attached hydrogen (secondary N) is 2. The summed E-state index contributed by atoms with van der Waals surface area (Å²) >= 11 is 0. The van der Waals surface area contributed by atoms with E-state index in [1.807, 2.05) is 6.92 Å². The predicted molar refractivity (Wildman–Crippen MR) is 52.2 cm³/mol. The monoisotopic (exact) mass is 191 g/mol. The number of aryl methyl sites for hydroxylation is 1. The average molecular weight is 191 g/mol. The molecule has 72 valence electrons. The topological polar surface area (TPSA) is 91.7 Å². The zero-order chi connectivity index (χ0) is 10.3. The number of amides is 1. The van der Waals surface area contributed by atoms with Crippen molar-refractivity contribution >= 4 is 16.8 Å². The fourth-order valence-corrected chi connectivity index (χ4v) is 1.46. The zero-order valence-electron chi connectivity index (χ0n) is 7.55. The van der Waals surface area contributed by atoms with Gasteiger partial charge >= 0.3 is 0 Å². The summed E-state index contributed by atoms with van der Waals surface area (Å²) in [4.78, 5) is 27.5. The van der Waals surface area contributed by atoms with Crippen LogP contribution in [0.4, 0.5) is 0 Å². The maximum Gasteiger partial charge on any atom is 0.267 e. The van der Waals surface area contributed by atoms with Crippen molar-refractivity contribution in [2.24, 2.45) is 5.73 Å². The van der Waals surface area contributed by atoms with Crippen LogP contribution in [0.1, 0.15) is 16.1 Å². The van der Waals surface area contributed by atoms with Gasteiger partial charge in [0, 0.05) is 17.6 Å². The van der Waals surface area contributed by atoms with E-state index < -0.39 is 5.91 Å². The minimum atomic E-state index is -0.644. The van der Waals surface area contributed by atoms with Crippen molar-refractivity contribution in [1.82, 2.24) is 9.97 Å². The van der Waals surface area contributed by atoms with Crippen molar-refractivity contribution in [2.75, 3.05) is 0 Å². The second kappa shape index (κ2) is 2.73. The second-order valence-electron chi connectivity index (χ2n) is 3.13. The van der Waals surface area contributed by atoms with Crippen LogP contribution in [-0.4, -0.2) is 15.9 Å². The van der Waals surface area contributed by atoms with Crippen LogP contribution in [0.3, 0.4) is 0 Å². The normalized spacial score (nSPS) is 10.6. The highest BCUT2D eigenvalue weighted by Gasteiger charge is 2.10. The lowest BCUT2D eigenvalue weighted by Gasteiger charge is -1.97. The molecule has 0 unspecified atom stereocenters. The van der Waals surface area contributed by atoms with Crippen molar-refractivity contribution in [3.63, 3.8) is 0 Å². The maximum atomic E-state index is 11.2. The Morgan fingerprint density at radius 1 is 1.50 bits per heavy atom. The molecule has 2 heterocycles. The first-order valence-corrected chi connectivity index (χ1v) is 4.10. The Morgan fingerprint density at radius 2 is 2.21 bits per heavy atom. The van der Waals surface area contributed by atoms with Gasteiger partial charge in [0.1, 0.15) is 5.69 Å². The predicted octanol–water partition coefficient (Wildman–Crippen LogP) is 0.264. The molecule has 0 aliphatic carbocycles. The third kappa shape index (κ3) is 1.10. The standard InChI is InChI=1S/C9H9N3O2/c1-4-3-11-7-5(4)2-6(13)12-8(7)9(10)14/h2-3,11H,1H3,(H2,10,14)(H,12,13). The summed E-state index contributed by atoms with van der Waals surface area (Å²) in [5, 5.41) is 0.725. The largest absolute Gasteiger partial charge is 0.364 e. The smallest absolute Gasteiger partial charge is 0.267 e. The van der Waals surface area contributed by atoms with Gasteiger partial charge in [0.15, 0.2) is 0 Å². The van der Waals surface area contributed by atoms with Crippen molar-refractivity contribution in [1.29, 1.82) is 0 Å². The highest BCUT2D eigenvalue weighted by Crippen LogP contribution is 2.16. The number of rotatable bonds is 1. The van der Waals surface area contributed by atoms with Crippen molar-refractivity contribution in [3.05, 3.63) is 33.9 Å². The molecular weight excluding hydrogens is 182 g/mol. The third-order valence-electron chi connectivity index (χ3n) is 2.15. The minimum absolute atomic E-state index is 0.126. The summed E-state index contributed by atoms with van der Waals surface area (Å²) in [6, 6.07) is 1.44. The van der Waals surface area contributed by atoms with Gasteiger partial charge in [-0.05, 0) is 12.5 Å². The molecule has 0 spiro atoms. The highest BCUT2D eigenvalue weighted by atomic mass is 16.1. The van der Waals surface area contributed by atoms with Gasteiger partial charge in [0.25, 0.3) is 5.91 Å². The van der Waals surface area contributed by atoms with Gasteiger partial charge in [-0.25, -0.2) is 0 Å². The average Bonchev–Trinajstić information content (AvgIpc) is 2.47. The summed E-state index contributed by atoms with van der Waals surface area (Å²) in [7, 11) is 0. The first kappa shape index (κ1) is 8.55. The first-order chi connectivity index (χ1) is 6.59.